The molecule has 0 heterocycles. The van der Waals surface area contributed by atoms with E-state index in [1.54, 1.807) is 4.90 Å². The van der Waals surface area contributed by atoms with E-state index in [0.717, 1.165) is 5.56 Å². The van der Waals surface area contributed by atoms with Gasteiger partial charge in [-0.15, -0.1) is 0 Å². The van der Waals surface area contributed by atoms with E-state index in [2.05, 4.69) is 13.8 Å². The molecule has 5 heteroatoms. The lowest BCUT2D eigenvalue weighted by Gasteiger charge is -2.19. The minimum absolute atomic E-state index is 0.00554. The number of anilines is 1. The van der Waals surface area contributed by atoms with Gasteiger partial charge >= 0.3 is 0 Å². The van der Waals surface area contributed by atoms with Gasteiger partial charge < -0.3 is 20.5 Å². The topological polar surface area (TPSA) is 75.8 Å². The number of ether oxygens (including phenoxy) is 1. The van der Waals surface area contributed by atoms with E-state index < -0.39 is 0 Å². The number of aryl methyl sites for hydroxylation is 1. The van der Waals surface area contributed by atoms with Gasteiger partial charge in [-0.1, -0.05) is 19.9 Å². The summed E-state index contributed by atoms with van der Waals surface area (Å²) in [5, 5.41) is 8.93. The predicted octanol–water partition coefficient (Wildman–Crippen LogP) is 2.08. The Hall–Kier alpha value is -1.75. The van der Waals surface area contributed by atoms with Gasteiger partial charge in [0.1, 0.15) is 5.75 Å². The van der Waals surface area contributed by atoms with Crippen LogP contribution in [-0.4, -0.2) is 42.2 Å². The number of benzene rings is 1. The van der Waals surface area contributed by atoms with Gasteiger partial charge in [0, 0.05) is 19.5 Å². The number of hydrogen-bond donors (Lipinski definition) is 2. The Bertz CT molecular complexity index is 475. The number of nitrogens with zero attached hydrogens (tertiary/aromatic N) is 1. The molecule has 0 atom stereocenters. The average Bonchev–Trinajstić information content (AvgIpc) is 2.49. The normalized spacial score (nSPS) is 10.8. The molecule has 1 amide bonds. The number of aliphatic hydroxyl groups excluding tert-OH is 1. The van der Waals surface area contributed by atoms with Gasteiger partial charge in [0.15, 0.2) is 0 Å². The summed E-state index contributed by atoms with van der Waals surface area (Å²) in [6.07, 6.45) is 1.05. The monoisotopic (exact) mass is 308 g/mol. The third-order valence-corrected chi connectivity index (χ3v) is 3.38. The maximum atomic E-state index is 12.0. The quantitative estimate of drug-likeness (QED) is 0.685. The molecule has 0 unspecified atom stereocenters. The first-order chi connectivity index (χ1) is 10.5. The second-order valence-electron chi connectivity index (χ2n) is 5.77. The van der Waals surface area contributed by atoms with Crippen molar-refractivity contribution in [3.05, 3.63) is 23.8 Å². The molecule has 0 saturated carbocycles. The molecular weight excluding hydrogens is 280 g/mol. The first kappa shape index (κ1) is 18.3. The van der Waals surface area contributed by atoms with Crippen LogP contribution in [0.2, 0.25) is 0 Å². The summed E-state index contributed by atoms with van der Waals surface area (Å²) >= 11 is 0. The van der Waals surface area contributed by atoms with Gasteiger partial charge in [0.05, 0.1) is 18.9 Å². The zero-order valence-electron chi connectivity index (χ0n) is 13.8. The van der Waals surface area contributed by atoms with Crippen LogP contribution in [0.1, 0.15) is 32.8 Å². The Kier molecular flexibility index (Phi) is 7.74. The number of amides is 1. The van der Waals surface area contributed by atoms with E-state index in [1.165, 1.54) is 0 Å². The van der Waals surface area contributed by atoms with Gasteiger partial charge in [0.25, 0.3) is 0 Å². The number of carbonyl (C=O) groups excluding carboxylic acids is 1. The maximum absolute atomic E-state index is 12.0. The summed E-state index contributed by atoms with van der Waals surface area (Å²) in [5.41, 5.74) is 7.62. The van der Waals surface area contributed by atoms with Crippen molar-refractivity contribution in [2.75, 3.05) is 32.0 Å². The molecule has 0 radical (unpaired) electrons. The molecule has 0 saturated heterocycles. The molecule has 0 aromatic heterocycles. The van der Waals surface area contributed by atoms with Crippen molar-refractivity contribution in [2.24, 2.45) is 5.92 Å². The van der Waals surface area contributed by atoms with Crippen LogP contribution in [0, 0.1) is 5.92 Å². The summed E-state index contributed by atoms with van der Waals surface area (Å²) < 4.78 is 5.64. The number of likely N-dealkylation sites (N-methyl/N-ethyl adjacent to an activating group) is 1. The highest BCUT2D eigenvalue weighted by molar-refractivity contribution is 5.76. The predicted molar refractivity (Wildman–Crippen MR) is 88.8 cm³/mol. The molecule has 1 aromatic carbocycles. The summed E-state index contributed by atoms with van der Waals surface area (Å²) in [7, 11) is 0. The lowest BCUT2D eigenvalue weighted by Crippen LogP contribution is -2.33. The largest absolute Gasteiger partial charge is 0.491 e. The molecule has 22 heavy (non-hydrogen) atoms. The van der Waals surface area contributed by atoms with Crippen LogP contribution in [0.25, 0.3) is 0 Å². The molecule has 3 N–H and O–H groups in total. The number of rotatable bonds is 9. The summed E-state index contributed by atoms with van der Waals surface area (Å²) in [6.45, 7) is 7.71. The molecular formula is C17H28N2O3. The Morgan fingerprint density at radius 1 is 1.41 bits per heavy atom. The maximum Gasteiger partial charge on any atom is 0.222 e. The highest BCUT2D eigenvalue weighted by Gasteiger charge is 2.11. The van der Waals surface area contributed by atoms with Gasteiger partial charge in [-0.25, -0.2) is 0 Å². The van der Waals surface area contributed by atoms with Gasteiger partial charge in [-0.05, 0) is 37.0 Å². The SMILES string of the molecule is CCN(CCO)C(=O)CCc1ccc(OCC(C)C)c(N)c1. The second kappa shape index (κ2) is 9.30. The first-order valence-electron chi connectivity index (χ1n) is 7.87. The van der Waals surface area contributed by atoms with Gasteiger partial charge in [-0.3, -0.25) is 4.79 Å². The summed E-state index contributed by atoms with van der Waals surface area (Å²) in [5.74, 6) is 1.19. The van der Waals surface area contributed by atoms with E-state index in [1.807, 2.05) is 25.1 Å². The van der Waals surface area contributed by atoms with Crippen molar-refractivity contribution < 1.29 is 14.6 Å². The number of hydrogen-bond acceptors (Lipinski definition) is 4. The number of nitrogen functional groups attached to an aromatic ring is 1. The van der Waals surface area contributed by atoms with Crippen LogP contribution in [-0.2, 0) is 11.2 Å². The van der Waals surface area contributed by atoms with Crippen molar-refractivity contribution in [3.8, 4) is 5.75 Å². The van der Waals surface area contributed by atoms with Gasteiger partial charge in [-0.2, -0.15) is 0 Å². The number of aliphatic hydroxyl groups is 1. The van der Waals surface area contributed by atoms with E-state index in [0.29, 0.717) is 49.9 Å². The van der Waals surface area contributed by atoms with Crippen LogP contribution in [0.15, 0.2) is 18.2 Å². The average molecular weight is 308 g/mol. The van der Waals surface area contributed by atoms with Crippen LogP contribution >= 0.6 is 0 Å². The Labute approximate surface area is 133 Å². The number of nitrogens with two attached hydrogens (primary N) is 1. The van der Waals surface area contributed by atoms with Crippen molar-refractivity contribution >= 4 is 11.6 Å². The van der Waals surface area contributed by atoms with Crippen LogP contribution < -0.4 is 10.5 Å². The van der Waals surface area contributed by atoms with E-state index in [-0.39, 0.29) is 12.5 Å². The molecule has 0 aliphatic rings. The molecule has 0 spiro atoms. The highest BCUT2D eigenvalue weighted by atomic mass is 16.5. The number of carbonyl (C=O) groups is 1. The minimum Gasteiger partial charge on any atom is -0.491 e. The van der Waals surface area contributed by atoms with E-state index >= 15 is 0 Å². The van der Waals surface area contributed by atoms with Crippen molar-refractivity contribution in [1.82, 2.24) is 4.90 Å². The molecule has 0 aliphatic heterocycles. The van der Waals surface area contributed by atoms with Crippen LogP contribution in [0.4, 0.5) is 5.69 Å². The fraction of sp³-hybridized carbons (Fsp3) is 0.588. The molecule has 0 bridgehead atoms. The molecule has 1 aromatic rings. The molecule has 5 nitrogen and oxygen atoms in total. The van der Waals surface area contributed by atoms with E-state index in [9.17, 15) is 4.79 Å². The highest BCUT2D eigenvalue weighted by Crippen LogP contribution is 2.23. The Balaban J connectivity index is 2.56. The first-order valence-corrected chi connectivity index (χ1v) is 7.87. The smallest absolute Gasteiger partial charge is 0.222 e. The van der Waals surface area contributed by atoms with Crippen molar-refractivity contribution in [1.29, 1.82) is 0 Å². The molecule has 1 rings (SSSR count). The Morgan fingerprint density at radius 3 is 2.68 bits per heavy atom. The lowest BCUT2D eigenvalue weighted by atomic mass is 10.1. The lowest BCUT2D eigenvalue weighted by molar-refractivity contribution is -0.131. The third kappa shape index (κ3) is 5.93. The van der Waals surface area contributed by atoms with Crippen molar-refractivity contribution in [3.63, 3.8) is 0 Å². The summed E-state index contributed by atoms with van der Waals surface area (Å²) in [6, 6.07) is 5.68. The summed E-state index contributed by atoms with van der Waals surface area (Å²) in [4.78, 5) is 13.7. The zero-order chi connectivity index (χ0) is 16.5. The zero-order valence-corrected chi connectivity index (χ0v) is 13.8. The minimum atomic E-state index is -0.00554. The van der Waals surface area contributed by atoms with Crippen LogP contribution in [0.3, 0.4) is 0 Å². The molecule has 0 aliphatic carbocycles. The fourth-order valence-corrected chi connectivity index (χ4v) is 2.13. The van der Waals surface area contributed by atoms with Crippen LogP contribution in [0.5, 0.6) is 5.75 Å². The molecule has 0 fully saturated rings. The standard InChI is InChI=1S/C17H28N2O3/c1-4-19(9-10-20)17(21)8-6-14-5-7-16(15(18)11-14)22-12-13(2)3/h5,7,11,13,20H,4,6,8-10,12,18H2,1-3H3. The second-order valence-corrected chi connectivity index (χ2v) is 5.77. The Morgan fingerprint density at radius 2 is 2.14 bits per heavy atom. The van der Waals surface area contributed by atoms with Crippen molar-refractivity contribution in [2.45, 2.75) is 33.6 Å². The van der Waals surface area contributed by atoms with E-state index in [4.69, 9.17) is 15.6 Å². The third-order valence-electron chi connectivity index (χ3n) is 3.38. The van der Waals surface area contributed by atoms with Gasteiger partial charge in [0.2, 0.25) is 5.91 Å². The molecule has 124 valence electrons. The fourth-order valence-electron chi connectivity index (χ4n) is 2.13.